The average molecular weight is 246 g/mol. The van der Waals surface area contributed by atoms with Crippen LogP contribution >= 0.6 is 0 Å². The van der Waals surface area contributed by atoms with Gasteiger partial charge in [-0.3, -0.25) is 5.41 Å². The van der Waals surface area contributed by atoms with Crippen LogP contribution in [0.4, 0.5) is 0 Å². The smallest absolute Gasteiger partial charge is 0.123 e. The van der Waals surface area contributed by atoms with Gasteiger partial charge in [0.25, 0.3) is 0 Å². The fourth-order valence-corrected chi connectivity index (χ4v) is 2.41. The van der Waals surface area contributed by atoms with E-state index in [9.17, 15) is 0 Å². The lowest BCUT2D eigenvalue weighted by molar-refractivity contribution is 1.43. The van der Waals surface area contributed by atoms with Crippen LogP contribution in [0.25, 0.3) is 21.9 Å². The summed E-state index contributed by atoms with van der Waals surface area (Å²) in [6.07, 6.45) is 0. The normalized spacial score (nSPS) is 10.5. The van der Waals surface area contributed by atoms with Crippen LogP contribution in [0.3, 0.4) is 0 Å². The summed E-state index contributed by atoms with van der Waals surface area (Å²) in [5.74, 6) is 0.101. The van der Waals surface area contributed by atoms with Gasteiger partial charge in [-0.1, -0.05) is 66.7 Å². The van der Waals surface area contributed by atoms with Crippen molar-refractivity contribution in [3.63, 3.8) is 0 Å². The highest BCUT2D eigenvalue weighted by Crippen LogP contribution is 2.31. The topological polar surface area (TPSA) is 49.9 Å². The van der Waals surface area contributed by atoms with Gasteiger partial charge in [-0.05, 0) is 16.3 Å². The Labute approximate surface area is 112 Å². The Bertz CT molecular complexity index is 746. The molecule has 0 aromatic heterocycles. The van der Waals surface area contributed by atoms with Crippen molar-refractivity contribution < 1.29 is 0 Å². The van der Waals surface area contributed by atoms with Crippen molar-refractivity contribution in [1.29, 1.82) is 5.41 Å². The molecular formula is C17H14N2. The maximum absolute atomic E-state index is 7.78. The lowest BCUT2D eigenvalue weighted by Crippen LogP contribution is -2.12. The summed E-state index contributed by atoms with van der Waals surface area (Å²) in [5.41, 5.74) is 8.63. The predicted octanol–water partition coefficient (Wildman–Crippen LogP) is 3.79. The molecule has 2 heteroatoms. The van der Waals surface area contributed by atoms with Crippen LogP contribution in [-0.4, -0.2) is 5.84 Å². The Morgan fingerprint density at radius 3 is 2.21 bits per heavy atom. The number of rotatable bonds is 2. The van der Waals surface area contributed by atoms with Crippen LogP contribution in [-0.2, 0) is 0 Å². The summed E-state index contributed by atoms with van der Waals surface area (Å²) in [6, 6.07) is 22.2. The van der Waals surface area contributed by atoms with Gasteiger partial charge in [0.15, 0.2) is 0 Å². The van der Waals surface area contributed by atoms with E-state index in [0.29, 0.717) is 0 Å². The molecule has 0 aliphatic rings. The summed E-state index contributed by atoms with van der Waals surface area (Å²) < 4.78 is 0. The molecule has 0 unspecified atom stereocenters. The Kier molecular flexibility index (Phi) is 2.76. The van der Waals surface area contributed by atoms with Crippen molar-refractivity contribution in [2.24, 2.45) is 5.73 Å². The molecule has 0 atom stereocenters. The molecule has 0 heterocycles. The van der Waals surface area contributed by atoms with Crippen molar-refractivity contribution >= 4 is 16.6 Å². The molecule has 2 nitrogen and oxygen atoms in total. The van der Waals surface area contributed by atoms with Gasteiger partial charge in [-0.25, -0.2) is 0 Å². The van der Waals surface area contributed by atoms with Crippen LogP contribution in [0.5, 0.6) is 0 Å². The summed E-state index contributed by atoms with van der Waals surface area (Å²) in [6.45, 7) is 0. The van der Waals surface area contributed by atoms with Crippen molar-refractivity contribution in [1.82, 2.24) is 0 Å². The number of nitrogen functional groups attached to an aromatic ring is 1. The number of nitrogens with one attached hydrogen (secondary N) is 1. The number of benzene rings is 3. The minimum absolute atomic E-state index is 0.101. The van der Waals surface area contributed by atoms with Crippen LogP contribution in [0.1, 0.15) is 5.56 Å². The summed E-state index contributed by atoms with van der Waals surface area (Å²) >= 11 is 0. The molecule has 3 aromatic rings. The SMILES string of the molecule is N=C(N)c1ccc2ccccc2c1-c1ccccc1. The second-order valence-electron chi connectivity index (χ2n) is 4.49. The molecule has 0 saturated heterocycles. The third-order valence-electron chi connectivity index (χ3n) is 3.28. The molecule has 0 aliphatic carbocycles. The first-order valence-corrected chi connectivity index (χ1v) is 6.19. The molecule has 0 aliphatic heterocycles. The maximum atomic E-state index is 7.78. The van der Waals surface area contributed by atoms with Gasteiger partial charge in [0, 0.05) is 11.1 Å². The third-order valence-corrected chi connectivity index (χ3v) is 3.28. The zero-order valence-electron chi connectivity index (χ0n) is 10.4. The molecule has 0 fully saturated rings. The first-order valence-electron chi connectivity index (χ1n) is 6.19. The van der Waals surface area contributed by atoms with Crippen LogP contribution in [0, 0.1) is 5.41 Å². The highest BCUT2D eigenvalue weighted by atomic mass is 14.7. The van der Waals surface area contributed by atoms with E-state index in [2.05, 4.69) is 12.1 Å². The van der Waals surface area contributed by atoms with E-state index >= 15 is 0 Å². The zero-order valence-corrected chi connectivity index (χ0v) is 10.4. The first-order chi connectivity index (χ1) is 9.27. The summed E-state index contributed by atoms with van der Waals surface area (Å²) in [4.78, 5) is 0. The van der Waals surface area contributed by atoms with E-state index in [-0.39, 0.29) is 5.84 Å². The Morgan fingerprint density at radius 1 is 0.789 bits per heavy atom. The predicted molar refractivity (Wildman–Crippen MR) is 80.4 cm³/mol. The third kappa shape index (κ3) is 1.97. The minimum atomic E-state index is 0.101. The fraction of sp³-hybridized carbons (Fsp3) is 0. The summed E-state index contributed by atoms with van der Waals surface area (Å²) in [5, 5.41) is 10.1. The molecule has 0 radical (unpaired) electrons. The first kappa shape index (κ1) is 11.5. The second kappa shape index (κ2) is 4.58. The van der Waals surface area contributed by atoms with Crippen LogP contribution in [0.15, 0.2) is 66.7 Å². The highest BCUT2D eigenvalue weighted by Gasteiger charge is 2.11. The number of hydrogen-bond donors (Lipinski definition) is 2. The average Bonchev–Trinajstić information content (AvgIpc) is 2.46. The van der Waals surface area contributed by atoms with Gasteiger partial charge in [0.05, 0.1) is 0 Å². The van der Waals surface area contributed by atoms with Crippen LogP contribution < -0.4 is 5.73 Å². The lowest BCUT2D eigenvalue weighted by Gasteiger charge is -2.12. The van der Waals surface area contributed by atoms with E-state index in [4.69, 9.17) is 11.1 Å². The fourth-order valence-electron chi connectivity index (χ4n) is 2.41. The zero-order chi connectivity index (χ0) is 13.2. The molecular weight excluding hydrogens is 232 g/mol. The molecule has 3 N–H and O–H groups in total. The van der Waals surface area contributed by atoms with Crippen LogP contribution in [0.2, 0.25) is 0 Å². The quantitative estimate of drug-likeness (QED) is 0.524. The molecule has 0 bridgehead atoms. The van der Waals surface area contributed by atoms with Gasteiger partial charge in [0.1, 0.15) is 5.84 Å². The van der Waals surface area contributed by atoms with E-state index in [1.807, 2.05) is 54.6 Å². The molecule has 0 spiro atoms. The van der Waals surface area contributed by atoms with Gasteiger partial charge < -0.3 is 5.73 Å². The highest BCUT2D eigenvalue weighted by molar-refractivity contribution is 6.10. The van der Waals surface area contributed by atoms with Gasteiger partial charge >= 0.3 is 0 Å². The standard InChI is InChI=1S/C17H14N2/c18-17(19)15-11-10-12-6-4-5-9-14(12)16(15)13-7-2-1-3-8-13/h1-11H,(H3,18,19). The molecule has 19 heavy (non-hydrogen) atoms. The van der Waals surface area contributed by atoms with E-state index in [1.54, 1.807) is 0 Å². The molecule has 3 rings (SSSR count). The maximum Gasteiger partial charge on any atom is 0.123 e. The van der Waals surface area contributed by atoms with Gasteiger partial charge in [0.2, 0.25) is 0 Å². The van der Waals surface area contributed by atoms with Crippen molar-refractivity contribution in [3.05, 3.63) is 72.3 Å². The Morgan fingerprint density at radius 2 is 1.47 bits per heavy atom. The monoisotopic (exact) mass is 246 g/mol. The van der Waals surface area contributed by atoms with Crippen molar-refractivity contribution in [2.75, 3.05) is 0 Å². The second-order valence-corrected chi connectivity index (χ2v) is 4.49. The van der Waals surface area contributed by atoms with E-state index < -0.39 is 0 Å². The molecule has 92 valence electrons. The lowest BCUT2D eigenvalue weighted by atomic mass is 9.93. The molecule has 3 aromatic carbocycles. The Balaban J connectivity index is 2.42. The van der Waals surface area contributed by atoms with Crippen molar-refractivity contribution in [2.45, 2.75) is 0 Å². The molecule has 0 amide bonds. The van der Waals surface area contributed by atoms with E-state index in [0.717, 1.165) is 27.5 Å². The number of fused-ring (bicyclic) bond motifs is 1. The van der Waals surface area contributed by atoms with Crippen molar-refractivity contribution in [3.8, 4) is 11.1 Å². The largest absolute Gasteiger partial charge is 0.384 e. The van der Waals surface area contributed by atoms with Gasteiger partial charge in [-0.2, -0.15) is 0 Å². The van der Waals surface area contributed by atoms with Gasteiger partial charge in [-0.15, -0.1) is 0 Å². The number of hydrogen-bond acceptors (Lipinski definition) is 1. The minimum Gasteiger partial charge on any atom is -0.384 e. The Hall–Kier alpha value is -2.61. The van der Waals surface area contributed by atoms with E-state index in [1.165, 1.54) is 0 Å². The number of nitrogens with two attached hydrogens (primary N) is 1. The molecule has 0 saturated carbocycles. The number of amidine groups is 1. The summed E-state index contributed by atoms with van der Waals surface area (Å²) in [7, 11) is 0.